The van der Waals surface area contributed by atoms with Crippen molar-refractivity contribution in [2.45, 2.75) is 24.3 Å². The summed E-state index contributed by atoms with van der Waals surface area (Å²) < 4.78 is 26.0. The van der Waals surface area contributed by atoms with Gasteiger partial charge in [-0.15, -0.1) is 0 Å². The van der Waals surface area contributed by atoms with Crippen LogP contribution in [0.3, 0.4) is 0 Å². The highest BCUT2D eigenvalue weighted by atomic mass is 32.2. The molecule has 20 heavy (non-hydrogen) atoms. The van der Waals surface area contributed by atoms with Crippen molar-refractivity contribution < 1.29 is 28.2 Å². The molecule has 1 aromatic carbocycles. The highest BCUT2D eigenvalue weighted by molar-refractivity contribution is 7.89. The van der Waals surface area contributed by atoms with Crippen LogP contribution in [0.4, 0.5) is 0 Å². The van der Waals surface area contributed by atoms with E-state index in [-0.39, 0.29) is 22.7 Å². The number of sulfonamides is 1. The van der Waals surface area contributed by atoms with Gasteiger partial charge in [-0.3, -0.25) is 9.59 Å². The zero-order chi connectivity index (χ0) is 15.3. The summed E-state index contributed by atoms with van der Waals surface area (Å²) in [6.45, 7) is 0.831. The SMILES string of the molecule is CC(=O)c1cccc(S(=O)(=O)N[C@H](CCO)C(=O)O)c1. The van der Waals surface area contributed by atoms with E-state index in [1.54, 1.807) is 0 Å². The summed E-state index contributed by atoms with van der Waals surface area (Å²) in [5, 5.41) is 17.6. The average Bonchev–Trinajstić information content (AvgIpc) is 2.38. The van der Waals surface area contributed by atoms with Crippen molar-refractivity contribution in [2.24, 2.45) is 0 Å². The zero-order valence-corrected chi connectivity index (χ0v) is 11.6. The van der Waals surface area contributed by atoms with E-state index in [1.165, 1.54) is 31.2 Å². The summed E-state index contributed by atoms with van der Waals surface area (Å²) in [4.78, 5) is 21.9. The van der Waals surface area contributed by atoms with Crippen LogP contribution < -0.4 is 4.72 Å². The fourth-order valence-corrected chi connectivity index (χ4v) is 2.77. The molecule has 0 saturated carbocycles. The molecule has 0 amide bonds. The maximum absolute atomic E-state index is 12.0. The lowest BCUT2D eigenvalue weighted by Gasteiger charge is -2.13. The number of hydrogen-bond acceptors (Lipinski definition) is 5. The maximum atomic E-state index is 12.0. The van der Waals surface area contributed by atoms with Gasteiger partial charge in [0.2, 0.25) is 10.0 Å². The molecule has 0 saturated heterocycles. The number of hydrogen-bond donors (Lipinski definition) is 3. The van der Waals surface area contributed by atoms with Gasteiger partial charge in [0.15, 0.2) is 5.78 Å². The molecule has 0 aliphatic carbocycles. The first kappa shape index (κ1) is 16.3. The lowest BCUT2D eigenvalue weighted by atomic mass is 10.2. The Labute approximate surface area is 116 Å². The summed E-state index contributed by atoms with van der Waals surface area (Å²) in [5.41, 5.74) is 0.210. The van der Waals surface area contributed by atoms with E-state index in [4.69, 9.17) is 10.2 Å². The Morgan fingerprint density at radius 2 is 2.00 bits per heavy atom. The Hall–Kier alpha value is -1.77. The fraction of sp³-hybridized carbons (Fsp3) is 0.333. The zero-order valence-electron chi connectivity index (χ0n) is 10.7. The van der Waals surface area contributed by atoms with Gasteiger partial charge in [0.05, 0.1) is 4.90 Å². The molecular formula is C12H15NO6S. The number of carbonyl (C=O) groups is 2. The van der Waals surface area contributed by atoms with Crippen molar-refractivity contribution in [1.29, 1.82) is 0 Å². The molecule has 8 heteroatoms. The summed E-state index contributed by atoms with van der Waals surface area (Å²) >= 11 is 0. The predicted molar refractivity (Wildman–Crippen MR) is 69.9 cm³/mol. The van der Waals surface area contributed by atoms with Crippen molar-refractivity contribution in [3.8, 4) is 0 Å². The van der Waals surface area contributed by atoms with Crippen LogP contribution >= 0.6 is 0 Å². The number of aliphatic hydroxyl groups excluding tert-OH is 1. The predicted octanol–water partition coefficient (Wildman–Crippen LogP) is 0.00310. The van der Waals surface area contributed by atoms with Crippen molar-refractivity contribution in [1.82, 2.24) is 4.72 Å². The average molecular weight is 301 g/mol. The van der Waals surface area contributed by atoms with Gasteiger partial charge in [0.25, 0.3) is 0 Å². The molecule has 0 aromatic heterocycles. The monoisotopic (exact) mass is 301 g/mol. The molecule has 110 valence electrons. The summed E-state index contributed by atoms with van der Waals surface area (Å²) in [5.74, 6) is -1.68. The largest absolute Gasteiger partial charge is 0.480 e. The van der Waals surface area contributed by atoms with Crippen molar-refractivity contribution in [3.63, 3.8) is 0 Å². The van der Waals surface area contributed by atoms with Crippen LogP contribution in [0.15, 0.2) is 29.2 Å². The first-order chi connectivity index (χ1) is 9.27. The number of carboxylic acids is 1. The van der Waals surface area contributed by atoms with E-state index >= 15 is 0 Å². The summed E-state index contributed by atoms with van der Waals surface area (Å²) in [6, 6.07) is 3.86. The van der Waals surface area contributed by atoms with Crippen molar-refractivity contribution in [3.05, 3.63) is 29.8 Å². The first-order valence-corrected chi connectivity index (χ1v) is 7.23. The molecule has 0 heterocycles. The lowest BCUT2D eigenvalue weighted by molar-refractivity contribution is -0.139. The van der Waals surface area contributed by atoms with E-state index in [0.717, 1.165) is 0 Å². The van der Waals surface area contributed by atoms with Crippen LogP contribution in [0, 0.1) is 0 Å². The topological polar surface area (TPSA) is 121 Å². The third kappa shape index (κ3) is 4.12. The second-order valence-electron chi connectivity index (χ2n) is 4.11. The van der Waals surface area contributed by atoms with E-state index < -0.39 is 28.6 Å². The Bertz CT molecular complexity index is 610. The molecule has 0 fully saturated rings. The molecule has 0 aliphatic heterocycles. The van der Waals surface area contributed by atoms with Gasteiger partial charge in [-0.1, -0.05) is 12.1 Å². The van der Waals surface area contributed by atoms with Gasteiger partial charge in [-0.2, -0.15) is 4.72 Å². The highest BCUT2D eigenvalue weighted by Gasteiger charge is 2.25. The number of carbonyl (C=O) groups excluding carboxylic acids is 1. The van der Waals surface area contributed by atoms with E-state index in [9.17, 15) is 18.0 Å². The van der Waals surface area contributed by atoms with Crippen LogP contribution in [0.2, 0.25) is 0 Å². The molecule has 3 N–H and O–H groups in total. The maximum Gasteiger partial charge on any atom is 0.321 e. The molecule has 0 spiro atoms. The number of aliphatic carboxylic acids is 1. The summed E-state index contributed by atoms with van der Waals surface area (Å²) in [7, 11) is -4.08. The minimum absolute atomic E-state index is 0.200. The third-order valence-electron chi connectivity index (χ3n) is 2.56. The number of aliphatic hydroxyl groups is 1. The van der Waals surface area contributed by atoms with Gasteiger partial charge in [-0.25, -0.2) is 8.42 Å². The third-order valence-corrected chi connectivity index (χ3v) is 4.03. The van der Waals surface area contributed by atoms with Crippen molar-refractivity contribution in [2.75, 3.05) is 6.61 Å². The fourth-order valence-electron chi connectivity index (χ4n) is 1.50. The van der Waals surface area contributed by atoms with Gasteiger partial charge in [0.1, 0.15) is 6.04 Å². The quantitative estimate of drug-likeness (QED) is 0.610. The first-order valence-electron chi connectivity index (χ1n) is 5.75. The molecule has 0 aliphatic rings. The number of Topliss-reactive ketones (excluding diaryl/α,β-unsaturated/α-hetero) is 1. The minimum atomic E-state index is -4.08. The van der Waals surface area contributed by atoms with Gasteiger partial charge >= 0.3 is 5.97 Å². The number of carboxylic acid groups (broad SMARTS) is 1. The van der Waals surface area contributed by atoms with E-state index in [2.05, 4.69) is 0 Å². The Balaban J connectivity index is 3.07. The van der Waals surface area contributed by atoms with Crippen LogP contribution in [-0.4, -0.2) is 43.0 Å². The minimum Gasteiger partial charge on any atom is -0.480 e. The van der Waals surface area contributed by atoms with Gasteiger partial charge < -0.3 is 10.2 Å². The lowest BCUT2D eigenvalue weighted by Crippen LogP contribution is -2.41. The highest BCUT2D eigenvalue weighted by Crippen LogP contribution is 2.13. The molecule has 0 radical (unpaired) electrons. The number of benzene rings is 1. The molecule has 1 rings (SSSR count). The Kier molecular flexibility index (Phi) is 5.37. The number of rotatable bonds is 7. The molecule has 1 aromatic rings. The smallest absolute Gasteiger partial charge is 0.321 e. The van der Waals surface area contributed by atoms with Crippen LogP contribution in [0.25, 0.3) is 0 Å². The molecule has 1 atom stereocenters. The van der Waals surface area contributed by atoms with Crippen LogP contribution in [-0.2, 0) is 14.8 Å². The molecular weight excluding hydrogens is 286 g/mol. The molecule has 7 nitrogen and oxygen atoms in total. The van der Waals surface area contributed by atoms with Crippen LogP contribution in [0.1, 0.15) is 23.7 Å². The Morgan fingerprint density at radius 3 is 2.50 bits per heavy atom. The molecule has 0 bridgehead atoms. The van der Waals surface area contributed by atoms with E-state index in [1.807, 2.05) is 4.72 Å². The number of nitrogens with one attached hydrogen (secondary N) is 1. The normalized spacial score (nSPS) is 12.9. The van der Waals surface area contributed by atoms with E-state index in [0.29, 0.717) is 0 Å². The standard InChI is InChI=1S/C12H15NO6S/c1-8(15)9-3-2-4-10(7-9)20(18,19)13-11(5-6-14)12(16)17/h2-4,7,11,13-14H,5-6H2,1H3,(H,16,17)/t11-/m1/s1. The van der Waals surface area contributed by atoms with Gasteiger partial charge in [0, 0.05) is 12.2 Å². The second-order valence-corrected chi connectivity index (χ2v) is 5.82. The van der Waals surface area contributed by atoms with Crippen LogP contribution in [0.5, 0.6) is 0 Å². The molecule has 0 unspecified atom stereocenters. The van der Waals surface area contributed by atoms with Crippen molar-refractivity contribution >= 4 is 21.8 Å². The number of ketones is 1. The Morgan fingerprint density at radius 1 is 1.35 bits per heavy atom. The second kappa shape index (κ2) is 6.60. The summed E-state index contributed by atoms with van der Waals surface area (Å²) in [6.07, 6.45) is -0.249. The van der Waals surface area contributed by atoms with Gasteiger partial charge in [-0.05, 0) is 25.5 Å².